The third-order valence-corrected chi connectivity index (χ3v) is 2.50. The van der Waals surface area contributed by atoms with Gasteiger partial charge in [-0.25, -0.2) is 0 Å². The number of nitrogens with zero attached hydrogens (tertiary/aromatic N) is 1. The number of pyridine rings is 1. The van der Waals surface area contributed by atoms with E-state index in [1.807, 2.05) is 20.0 Å². The van der Waals surface area contributed by atoms with Gasteiger partial charge in [0.25, 0.3) is 0 Å². The van der Waals surface area contributed by atoms with Crippen LogP contribution in [0.2, 0.25) is 0 Å². The van der Waals surface area contributed by atoms with Gasteiger partial charge in [0.15, 0.2) is 0 Å². The van der Waals surface area contributed by atoms with Crippen molar-refractivity contribution in [2.45, 2.75) is 20.4 Å². The summed E-state index contributed by atoms with van der Waals surface area (Å²) in [6.45, 7) is 5.54. The number of methoxy groups -OCH3 is 1. The summed E-state index contributed by atoms with van der Waals surface area (Å²) in [6.07, 6.45) is 1.84. The first-order valence-corrected chi connectivity index (χ1v) is 5.50. The molecule has 0 fully saturated rings. The lowest BCUT2D eigenvalue weighted by Crippen LogP contribution is -2.17. The lowest BCUT2D eigenvalue weighted by atomic mass is 10.1. The van der Waals surface area contributed by atoms with E-state index in [2.05, 4.69) is 10.3 Å². The summed E-state index contributed by atoms with van der Waals surface area (Å²) in [7, 11) is 1.69. The van der Waals surface area contributed by atoms with Crippen LogP contribution in [0.1, 0.15) is 16.8 Å². The summed E-state index contributed by atoms with van der Waals surface area (Å²) in [5.41, 5.74) is 3.18. The Bertz CT molecular complexity index is 329. The van der Waals surface area contributed by atoms with Crippen molar-refractivity contribution in [2.75, 3.05) is 19.5 Å². The van der Waals surface area contributed by atoms with Crippen LogP contribution in [0.5, 0.6) is 5.75 Å². The van der Waals surface area contributed by atoms with Gasteiger partial charge in [-0.3, -0.25) is 4.98 Å². The number of halogens is 1. The van der Waals surface area contributed by atoms with Crippen molar-refractivity contribution in [1.82, 2.24) is 10.3 Å². The summed E-state index contributed by atoms with van der Waals surface area (Å²) < 4.78 is 5.33. The summed E-state index contributed by atoms with van der Waals surface area (Å²) in [5, 5.41) is 3.21. The van der Waals surface area contributed by atoms with Gasteiger partial charge in [-0.2, -0.15) is 0 Å². The zero-order valence-corrected chi connectivity index (χ0v) is 10.2. The minimum Gasteiger partial charge on any atom is -0.496 e. The monoisotopic (exact) mass is 228 g/mol. The number of nitrogens with one attached hydrogen (secondary N) is 1. The van der Waals surface area contributed by atoms with Gasteiger partial charge in [0.1, 0.15) is 5.75 Å². The molecule has 84 valence electrons. The van der Waals surface area contributed by atoms with Crippen molar-refractivity contribution in [3.05, 3.63) is 23.0 Å². The zero-order chi connectivity index (χ0) is 11.3. The number of aryl methyl sites for hydroxylation is 1. The van der Waals surface area contributed by atoms with Crippen LogP contribution in [-0.2, 0) is 6.54 Å². The fraction of sp³-hybridized carbons (Fsp3) is 0.545. The third kappa shape index (κ3) is 3.08. The van der Waals surface area contributed by atoms with Gasteiger partial charge in [0.2, 0.25) is 0 Å². The van der Waals surface area contributed by atoms with Crippen LogP contribution in [-0.4, -0.2) is 24.5 Å². The summed E-state index contributed by atoms with van der Waals surface area (Å²) in [6, 6.07) is 0. The molecular formula is C11H17ClN2O. The minimum atomic E-state index is 0.613. The Kier molecular flexibility index (Phi) is 4.85. The molecule has 15 heavy (non-hydrogen) atoms. The topological polar surface area (TPSA) is 34.1 Å². The Morgan fingerprint density at radius 3 is 2.80 bits per heavy atom. The first-order valence-electron chi connectivity index (χ1n) is 4.96. The lowest BCUT2D eigenvalue weighted by molar-refractivity contribution is 0.406. The van der Waals surface area contributed by atoms with Crippen LogP contribution in [0.15, 0.2) is 6.20 Å². The maximum Gasteiger partial charge on any atom is 0.128 e. The maximum atomic E-state index is 5.58. The second-order valence-electron chi connectivity index (χ2n) is 3.41. The highest BCUT2D eigenvalue weighted by atomic mass is 35.5. The average Bonchev–Trinajstić information content (AvgIpc) is 2.22. The van der Waals surface area contributed by atoms with E-state index < -0.39 is 0 Å². The van der Waals surface area contributed by atoms with Crippen LogP contribution >= 0.6 is 11.6 Å². The molecule has 0 spiro atoms. The van der Waals surface area contributed by atoms with E-state index in [9.17, 15) is 0 Å². The van der Waals surface area contributed by atoms with Crippen LogP contribution in [0, 0.1) is 13.8 Å². The Balaban J connectivity index is 2.80. The first kappa shape index (κ1) is 12.3. The first-order chi connectivity index (χ1) is 7.20. The van der Waals surface area contributed by atoms with Gasteiger partial charge in [-0.05, 0) is 13.8 Å². The molecule has 0 unspecified atom stereocenters. The Morgan fingerprint density at radius 1 is 1.47 bits per heavy atom. The number of ether oxygens (including phenoxy) is 1. The number of aromatic nitrogens is 1. The molecule has 1 aromatic heterocycles. The molecule has 0 bridgehead atoms. The Labute approximate surface area is 95.8 Å². The molecule has 0 aliphatic carbocycles. The molecule has 1 rings (SSSR count). The molecule has 0 aliphatic rings. The van der Waals surface area contributed by atoms with Crippen molar-refractivity contribution in [1.29, 1.82) is 0 Å². The van der Waals surface area contributed by atoms with Crippen LogP contribution in [0.25, 0.3) is 0 Å². The van der Waals surface area contributed by atoms with Crippen molar-refractivity contribution >= 4 is 11.6 Å². The summed E-state index contributed by atoms with van der Waals surface area (Å²) >= 11 is 5.58. The Hall–Kier alpha value is -0.800. The van der Waals surface area contributed by atoms with Crippen LogP contribution < -0.4 is 10.1 Å². The van der Waals surface area contributed by atoms with Gasteiger partial charge in [0.05, 0.1) is 12.8 Å². The quantitative estimate of drug-likeness (QED) is 0.619. The molecule has 1 heterocycles. The summed E-state index contributed by atoms with van der Waals surface area (Å²) in [4.78, 5) is 4.37. The van der Waals surface area contributed by atoms with Crippen molar-refractivity contribution < 1.29 is 4.74 Å². The summed E-state index contributed by atoms with van der Waals surface area (Å²) in [5.74, 6) is 1.54. The van der Waals surface area contributed by atoms with E-state index in [4.69, 9.17) is 16.3 Å². The van der Waals surface area contributed by atoms with Gasteiger partial charge >= 0.3 is 0 Å². The van der Waals surface area contributed by atoms with E-state index >= 15 is 0 Å². The highest BCUT2D eigenvalue weighted by Crippen LogP contribution is 2.23. The van der Waals surface area contributed by atoms with E-state index in [0.29, 0.717) is 5.88 Å². The second kappa shape index (κ2) is 5.93. The van der Waals surface area contributed by atoms with E-state index in [1.54, 1.807) is 7.11 Å². The number of hydrogen-bond donors (Lipinski definition) is 1. The van der Waals surface area contributed by atoms with E-state index in [0.717, 1.165) is 35.7 Å². The van der Waals surface area contributed by atoms with Crippen LogP contribution in [0.4, 0.5) is 0 Å². The van der Waals surface area contributed by atoms with Crippen LogP contribution in [0.3, 0.4) is 0 Å². The highest BCUT2D eigenvalue weighted by Gasteiger charge is 2.08. The number of rotatable bonds is 5. The predicted octanol–water partition coefficient (Wildman–Crippen LogP) is 2.04. The number of hydrogen-bond acceptors (Lipinski definition) is 3. The van der Waals surface area contributed by atoms with Gasteiger partial charge in [0, 0.05) is 36.3 Å². The molecule has 0 saturated heterocycles. The maximum absolute atomic E-state index is 5.58. The fourth-order valence-electron chi connectivity index (χ4n) is 1.52. The van der Waals surface area contributed by atoms with E-state index in [-0.39, 0.29) is 0 Å². The third-order valence-electron chi connectivity index (χ3n) is 2.31. The fourth-order valence-corrected chi connectivity index (χ4v) is 1.66. The molecule has 0 atom stereocenters. The van der Waals surface area contributed by atoms with Crippen molar-refractivity contribution in [2.24, 2.45) is 0 Å². The van der Waals surface area contributed by atoms with Crippen molar-refractivity contribution in [3.63, 3.8) is 0 Å². The molecule has 4 heteroatoms. The molecule has 1 aromatic rings. The SMILES string of the molecule is COc1c(C)cnc(CNCCCl)c1C. The minimum absolute atomic E-state index is 0.613. The lowest BCUT2D eigenvalue weighted by Gasteiger charge is -2.12. The zero-order valence-electron chi connectivity index (χ0n) is 9.43. The van der Waals surface area contributed by atoms with Gasteiger partial charge in [-0.1, -0.05) is 0 Å². The average molecular weight is 229 g/mol. The molecule has 0 saturated carbocycles. The standard InChI is InChI=1S/C11H17ClN2O/c1-8-6-14-10(7-13-5-4-12)9(2)11(8)15-3/h6,13H,4-5,7H2,1-3H3. The molecule has 0 amide bonds. The normalized spacial score (nSPS) is 10.4. The Morgan fingerprint density at radius 2 is 2.20 bits per heavy atom. The molecule has 0 radical (unpaired) electrons. The highest BCUT2D eigenvalue weighted by molar-refractivity contribution is 6.18. The molecule has 0 aliphatic heterocycles. The molecular weight excluding hydrogens is 212 g/mol. The van der Waals surface area contributed by atoms with Gasteiger partial charge < -0.3 is 10.1 Å². The second-order valence-corrected chi connectivity index (χ2v) is 3.79. The smallest absolute Gasteiger partial charge is 0.128 e. The van der Waals surface area contributed by atoms with E-state index in [1.165, 1.54) is 0 Å². The molecule has 0 aromatic carbocycles. The predicted molar refractivity (Wildman–Crippen MR) is 62.7 cm³/mol. The molecule has 3 nitrogen and oxygen atoms in total. The van der Waals surface area contributed by atoms with Crippen molar-refractivity contribution in [3.8, 4) is 5.75 Å². The largest absolute Gasteiger partial charge is 0.496 e. The number of alkyl halides is 1. The van der Waals surface area contributed by atoms with Gasteiger partial charge in [-0.15, -0.1) is 11.6 Å². The molecule has 1 N–H and O–H groups in total.